The largest absolute Gasteiger partial charge is 0.473 e. The summed E-state index contributed by atoms with van der Waals surface area (Å²) in [5.74, 6) is 2.22. The van der Waals surface area contributed by atoms with E-state index in [1.807, 2.05) is 30.5 Å². The number of benzene rings is 1. The fraction of sp³-hybridized carbons (Fsp3) is 0.387. The number of allylic oxidation sites excluding steroid dienone is 2. The van der Waals surface area contributed by atoms with Gasteiger partial charge in [0, 0.05) is 42.4 Å². The van der Waals surface area contributed by atoms with Gasteiger partial charge < -0.3 is 24.8 Å². The molecule has 202 valence electrons. The quantitative estimate of drug-likeness (QED) is 0.389. The number of likely N-dealkylation sites (tertiary alicyclic amines) is 1. The monoisotopic (exact) mass is 524 g/mol. The topological polar surface area (TPSA) is 88.3 Å². The first-order valence-corrected chi connectivity index (χ1v) is 13.9. The Hall–Kier alpha value is -3.75. The van der Waals surface area contributed by atoms with Crippen molar-refractivity contribution in [3.05, 3.63) is 89.2 Å². The number of nitrogens with one attached hydrogen (secondary N) is 2. The van der Waals surface area contributed by atoms with E-state index in [9.17, 15) is 0 Å². The highest BCUT2D eigenvalue weighted by atomic mass is 16.5. The molecule has 39 heavy (non-hydrogen) atoms. The van der Waals surface area contributed by atoms with Crippen molar-refractivity contribution in [3.8, 4) is 5.88 Å². The van der Waals surface area contributed by atoms with Crippen molar-refractivity contribution in [2.45, 2.75) is 51.3 Å². The maximum absolute atomic E-state index is 7.26. The Balaban J connectivity index is 1.08. The van der Waals surface area contributed by atoms with Crippen molar-refractivity contribution in [1.29, 1.82) is 5.41 Å². The predicted molar refractivity (Wildman–Crippen MR) is 153 cm³/mol. The SMILES string of the molecule is Cc1ccc2nc(CN3CCC(c4cccc(OCC5=C/C(=C/C=N)NC=C5)n4)CC3)n(CC3CCO3)c2c1. The molecule has 5 heterocycles. The number of pyridine rings is 1. The van der Waals surface area contributed by atoms with E-state index in [1.165, 1.54) is 17.3 Å². The summed E-state index contributed by atoms with van der Waals surface area (Å²) in [6.07, 6.45) is 12.4. The molecule has 0 aliphatic carbocycles. The molecule has 8 heteroatoms. The number of rotatable bonds is 9. The fourth-order valence-corrected chi connectivity index (χ4v) is 5.53. The molecule has 0 saturated carbocycles. The molecule has 8 nitrogen and oxygen atoms in total. The molecule has 0 bridgehead atoms. The zero-order valence-electron chi connectivity index (χ0n) is 22.5. The van der Waals surface area contributed by atoms with Crippen LogP contribution in [0.5, 0.6) is 5.88 Å². The van der Waals surface area contributed by atoms with Crippen LogP contribution in [-0.4, -0.2) is 58.1 Å². The molecular weight excluding hydrogens is 488 g/mol. The van der Waals surface area contributed by atoms with Gasteiger partial charge in [-0.25, -0.2) is 9.97 Å². The third-order valence-electron chi connectivity index (χ3n) is 7.82. The first kappa shape index (κ1) is 25.5. The van der Waals surface area contributed by atoms with Crippen molar-refractivity contribution < 1.29 is 9.47 Å². The highest BCUT2D eigenvalue weighted by Gasteiger charge is 2.26. The minimum absolute atomic E-state index is 0.301. The lowest BCUT2D eigenvalue weighted by Crippen LogP contribution is -2.35. The van der Waals surface area contributed by atoms with Crippen LogP contribution < -0.4 is 10.1 Å². The maximum Gasteiger partial charge on any atom is 0.213 e. The number of fused-ring (bicyclic) bond motifs is 1. The van der Waals surface area contributed by atoms with E-state index in [2.05, 4.69) is 46.0 Å². The first-order valence-electron chi connectivity index (χ1n) is 13.9. The molecule has 0 spiro atoms. The van der Waals surface area contributed by atoms with Crippen molar-refractivity contribution in [2.75, 3.05) is 26.3 Å². The number of dihydropyridines is 1. The van der Waals surface area contributed by atoms with Crippen LogP contribution in [0.1, 0.15) is 42.3 Å². The molecule has 1 unspecified atom stereocenters. The lowest BCUT2D eigenvalue weighted by Gasteiger charge is -2.32. The highest BCUT2D eigenvalue weighted by Crippen LogP contribution is 2.30. The summed E-state index contributed by atoms with van der Waals surface area (Å²) in [7, 11) is 0. The summed E-state index contributed by atoms with van der Waals surface area (Å²) < 4.78 is 14.2. The van der Waals surface area contributed by atoms with Gasteiger partial charge in [0.05, 0.1) is 30.2 Å². The van der Waals surface area contributed by atoms with E-state index in [0.717, 1.165) is 80.4 Å². The van der Waals surface area contributed by atoms with E-state index in [-0.39, 0.29) is 0 Å². The predicted octanol–water partition coefficient (Wildman–Crippen LogP) is 4.86. The Morgan fingerprint density at radius 1 is 1.15 bits per heavy atom. The van der Waals surface area contributed by atoms with E-state index in [4.69, 9.17) is 24.9 Å². The summed E-state index contributed by atoms with van der Waals surface area (Å²) in [5, 5.41) is 10.4. The van der Waals surface area contributed by atoms with Gasteiger partial charge in [-0.15, -0.1) is 0 Å². The fourth-order valence-electron chi connectivity index (χ4n) is 5.53. The maximum atomic E-state index is 7.26. The Kier molecular flexibility index (Phi) is 7.56. The molecule has 1 aromatic carbocycles. The van der Waals surface area contributed by atoms with Gasteiger partial charge >= 0.3 is 0 Å². The van der Waals surface area contributed by atoms with Crippen LogP contribution in [0.3, 0.4) is 0 Å². The van der Waals surface area contributed by atoms with Gasteiger partial charge in [0.2, 0.25) is 5.88 Å². The van der Waals surface area contributed by atoms with Gasteiger partial charge in [-0.3, -0.25) is 4.90 Å². The molecule has 0 amide bonds. The second-order valence-corrected chi connectivity index (χ2v) is 10.6. The number of nitrogens with zero attached hydrogens (tertiary/aromatic N) is 4. The van der Waals surface area contributed by atoms with E-state index in [0.29, 0.717) is 24.5 Å². The average Bonchev–Trinajstić information content (AvgIpc) is 3.26. The minimum atomic E-state index is 0.301. The number of ether oxygens (including phenoxy) is 2. The van der Waals surface area contributed by atoms with Gasteiger partial charge in [-0.1, -0.05) is 12.1 Å². The van der Waals surface area contributed by atoms with E-state index >= 15 is 0 Å². The standard InChI is InChI=1S/C31H36N6O2/c1-22-5-6-28-29(17-22)37(19-26-11-16-38-26)30(34-28)20-36-14-9-24(10-15-36)27-3-2-4-31(35-27)39-21-23-8-13-33-25(18-23)7-12-32/h2-8,12-13,17-18,24,26,32-33H,9-11,14-16,19-21H2,1H3/b25-7-,32-12?. The number of aryl methyl sites for hydroxylation is 1. The van der Waals surface area contributed by atoms with Crippen LogP contribution in [0.15, 0.2) is 72.1 Å². The number of hydrogen-bond donors (Lipinski definition) is 2. The highest BCUT2D eigenvalue weighted by molar-refractivity contribution is 5.77. The van der Waals surface area contributed by atoms with Crippen molar-refractivity contribution >= 4 is 17.2 Å². The van der Waals surface area contributed by atoms with Crippen molar-refractivity contribution in [3.63, 3.8) is 0 Å². The molecule has 3 aromatic rings. The van der Waals surface area contributed by atoms with Crippen LogP contribution in [0, 0.1) is 12.3 Å². The number of aromatic nitrogens is 3. The van der Waals surface area contributed by atoms with Crippen LogP contribution in [-0.2, 0) is 17.8 Å². The third-order valence-corrected chi connectivity index (χ3v) is 7.82. The van der Waals surface area contributed by atoms with Gasteiger partial charge in [-0.05, 0) is 86.8 Å². The third kappa shape index (κ3) is 5.97. The van der Waals surface area contributed by atoms with Gasteiger partial charge in [0.15, 0.2) is 0 Å². The molecular formula is C31H36N6O2. The van der Waals surface area contributed by atoms with E-state index in [1.54, 1.807) is 6.08 Å². The Labute approximate surface area is 229 Å². The normalized spacial score (nSPS) is 21.0. The summed E-state index contributed by atoms with van der Waals surface area (Å²) >= 11 is 0. The summed E-state index contributed by atoms with van der Waals surface area (Å²) in [4.78, 5) is 12.4. The molecule has 0 radical (unpaired) electrons. The minimum Gasteiger partial charge on any atom is -0.473 e. The Morgan fingerprint density at radius 2 is 2.03 bits per heavy atom. The Bertz CT molecular complexity index is 1430. The Morgan fingerprint density at radius 3 is 2.82 bits per heavy atom. The average molecular weight is 525 g/mol. The smallest absolute Gasteiger partial charge is 0.213 e. The second kappa shape index (κ2) is 11.6. The lowest BCUT2D eigenvalue weighted by atomic mass is 9.93. The molecule has 3 aliphatic rings. The molecule has 6 rings (SSSR count). The number of imidazole rings is 1. The molecule has 2 saturated heterocycles. The summed E-state index contributed by atoms with van der Waals surface area (Å²) in [5.41, 5.74) is 6.57. The molecule has 1 atom stereocenters. The van der Waals surface area contributed by atoms with Crippen molar-refractivity contribution in [2.24, 2.45) is 0 Å². The van der Waals surface area contributed by atoms with Crippen LogP contribution in [0.25, 0.3) is 11.0 Å². The van der Waals surface area contributed by atoms with Crippen LogP contribution >= 0.6 is 0 Å². The van der Waals surface area contributed by atoms with Gasteiger partial charge in [0.25, 0.3) is 0 Å². The zero-order chi connectivity index (χ0) is 26.6. The second-order valence-electron chi connectivity index (χ2n) is 10.6. The lowest BCUT2D eigenvalue weighted by molar-refractivity contribution is -0.0592. The molecule has 2 aromatic heterocycles. The number of hydrogen-bond acceptors (Lipinski definition) is 7. The van der Waals surface area contributed by atoms with Crippen LogP contribution in [0.2, 0.25) is 0 Å². The molecule has 2 N–H and O–H groups in total. The van der Waals surface area contributed by atoms with Gasteiger partial charge in [-0.2, -0.15) is 0 Å². The zero-order valence-corrected chi connectivity index (χ0v) is 22.5. The first-order chi connectivity index (χ1) is 19.1. The van der Waals surface area contributed by atoms with Gasteiger partial charge in [0.1, 0.15) is 12.4 Å². The number of piperidine rings is 1. The molecule has 2 fully saturated rings. The van der Waals surface area contributed by atoms with Crippen LogP contribution in [0.4, 0.5) is 0 Å². The summed E-state index contributed by atoms with van der Waals surface area (Å²) in [6.45, 7) is 7.23. The molecule has 3 aliphatic heterocycles. The summed E-state index contributed by atoms with van der Waals surface area (Å²) in [6, 6.07) is 12.6. The van der Waals surface area contributed by atoms with E-state index < -0.39 is 0 Å². The van der Waals surface area contributed by atoms with Crippen molar-refractivity contribution in [1.82, 2.24) is 24.8 Å².